The molecule has 1 aliphatic rings. The third-order valence-corrected chi connectivity index (χ3v) is 5.59. The summed E-state index contributed by atoms with van der Waals surface area (Å²) in [5.74, 6) is -0.763. The molecule has 1 unspecified atom stereocenters. The quantitative estimate of drug-likeness (QED) is 0.400. The van der Waals surface area contributed by atoms with Crippen LogP contribution in [0.15, 0.2) is 54.1 Å². The van der Waals surface area contributed by atoms with Crippen molar-refractivity contribution in [1.29, 1.82) is 0 Å². The summed E-state index contributed by atoms with van der Waals surface area (Å²) in [5, 5.41) is 11.1. The fraction of sp³-hybridized carbons (Fsp3) is 0.360. The second-order valence-corrected chi connectivity index (χ2v) is 7.98. The standard InChI is InChI=1S/C25H30N2O4/c1-5-17-10-12-18(13-11-17)23(28)21-22(19-8-6-9-20(16-19)31-4)27(25(30)24(21)29)15-7-14-26(2)3/h6,8-13,16,22,28H,5,7,14-15H2,1-4H3/b23-21-. The zero-order valence-corrected chi connectivity index (χ0v) is 18.6. The number of hydrogen-bond acceptors (Lipinski definition) is 5. The van der Waals surface area contributed by atoms with Crippen LogP contribution < -0.4 is 4.74 Å². The summed E-state index contributed by atoms with van der Waals surface area (Å²) < 4.78 is 5.35. The number of benzene rings is 2. The molecular formula is C25H30N2O4. The van der Waals surface area contributed by atoms with Gasteiger partial charge in [0.1, 0.15) is 11.5 Å². The minimum atomic E-state index is -0.664. The molecule has 3 rings (SSSR count). The molecule has 0 radical (unpaired) electrons. The summed E-state index contributed by atoms with van der Waals surface area (Å²) in [6.45, 7) is 3.25. The van der Waals surface area contributed by atoms with Crippen LogP contribution in [0.4, 0.5) is 0 Å². The van der Waals surface area contributed by atoms with E-state index in [1.54, 1.807) is 24.1 Å². The summed E-state index contributed by atoms with van der Waals surface area (Å²) >= 11 is 0. The molecule has 1 heterocycles. The topological polar surface area (TPSA) is 70.1 Å². The smallest absolute Gasteiger partial charge is 0.295 e. The van der Waals surface area contributed by atoms with E-state index in [1.807, 2.05) is 55.4 Å². The largest absolute Gasteiger partial charge is 0.507 e. The Hall–Kier alpha value is -3.12. The lowest BCUT2D eigenvalue weighted by Gasteiger charge is -2.26. The maximum Gasteiger partial charge on any atom is 0.295 e. The van der Waals surface area contributed by atoms with Crippen LogP contribution in [0, 0.1) is 0 Å². The van der Waals surface area contributed by atoms with E-state index in [0.717, 1.165) is 24.1 Å². The summed E-state index contributed by atoms with van der Waals surface area (Å²) in [5.41, 5.74) is 2.50. The van der Waals surface area contributed by atoms with E-state index < -0.39 is 17.7 Å². The van der Waals surface area contributed by atoms with Crippen molar-refractivity contribution in [3.63, 3.8) is 0 Å². The zero-order chi connectivity index (χ0) is 22.5. The number of carbonyl (C=O) groups excluding carboxylic acids is 2. The SMILES string of the molecule is CCc1ccc(/C(O)=C2/C(=O)C(=O)N(CCCN(C)C)C2c2cccc(OC)c2)cc1. The Balaban J connectivity index is 2.09. The number of Topliss-reactive ketones (excluding diaryl/α,β-unsaturated/α-hetero) is 1. The lowest BCUT2D eigenvalue weighted by atomic mass is 9.94. The molecular weight excluding hydrogens is 392 g/mol. The molecule has 1 fully saturated rings. The maximum atomic E-state index is 13.0. The molecule has 2 aromatic rings. The second kappa shape index (κ2) is 9.79. The first-order chi connectivity index (χ1) is 14.9. The Labute approximate surface area is 183 Å². The van der Waals surface area contributed by atoms with Crippen molar-refractivity contribution in [3.8, 4) is 5.75 Å². The number of aryl methyl sites for hydroxylation is 1. The number of amides is 1. The van der Waals surface area contributed by atoms with Crippen molar-refractivity contribution < 1.29 is 19.4 Å². The monoisotopic (exact) mass is 422 g/mol. The third-order valence-electron chi connectivity index (χ3n) is 5.59. The van der Waals surface area contributed by atoms with Gasteiger partial charge < -0.3 is 19.6 Å². The second-order valence-electron chi connectivity index (χ2n) is 7.98. The summed E-state index contributed by atoms with van der Waals surface area (Å²) in [6, 6.07) is 14.0. The highest BCUT2D eigenvalue weighted by atomic mass is 16.5. The number of likely N-dealkylation sites (tertiary alicyclic amines) is 1. The van der Waals surface area contributed by atoms with Gasteiger partial charge in [-0.1, -0.05) is 43.3 Å². The van der Waals surface area contributed by atoms with Crippen LogP contribution in [0.5, 0.6) is 5.75 Å². The first kappa shape index (κ1) is 22.6. The predicted octanol–water partition coefficient (Wildman–Crippen LogP) is 3.63. The fourth-order valence-corrected chi connectivity index (χ4v) is 3.88. The molecule has 1 aliphatic heterocycles. The number of nitrogens with zero attached hydrogens (tertiary/aromatic N) is 2. The highest BCUT2D eigenvalue weighted by molar-refractivity contribution is 6.46. The van der Waals surface area contributed by atoms with Crippen molar-refractivity contribution in [2.45, 2.75) is 25.8 Å². The summed E-state index contributed by atoms with van der Waals surface area (Å²) in [6.07, 6.45) is 1.59. The molecule has 0 aliphatic carbocycles. The normalized spacial score (nSPS) is 18.1. The van der Waals surface area contributed by atoms with Gasteiger partial charge in [0.25, 0.3) is 11.7 Å². The van der Waals surface area contributed by atoms with Gasteiger partial charge in [-0.25, -0.2) is 0 Å². The number of ketones is 1. The molecule has 0 aromatic heterocycles. The van der Waals surface area contributed by atoms with Crippen LogP contribution in [0.3, 0.4) is 0 Å². The number of ether oxygens (including phenoxy) is 1. The van der Waals surface area contributed by atoms with E-state index >= 15 is 0 Å². The van der Waals surface area contributed by atoms with Gasteiger partial charge in [-0.2, -0.15) is 0 Å². The van der Waals surface area contributed by atoms with Gasteiger partial charge in [0.2, 0.25) is 0 Å². The van der Waals surface area contributed by atoms with Crippen LogP contribution in [0.1, 0.15) is 36.1 Å². The van der Waals surface area contributed by atoms with E-state index in [2.05, 4.69) is 6.92 Å². The molecule has 0 spiro atoms. The molecule has 1 amide bonds. The number of aliphatic hydroxyl groups is 1. The first-order valence-corrected chi connectivity index (χ1v) is 10.5. The Morgan fingerprint density at radius 1 is 1.13 bits per heavy atom. The van der Waals surface area contributed by atoms with E-state index in [9.17, 15) is 14.7 Å². The van der Waals surface area contributed by atoms with Crippen LogP contribution in [0.2, 0.25) is 0 Å². The van der Waals surface area contributed by atoms with Gasteiger partial charge in [-0.15, -0.1) is 0 Å². The van der Waals surface area contributed by atoms with Crippen molar-refractivity contribution in [3.05, 3.63) is 70.8 Å². The van der Waals surface area contributed by atoms with Gasteiger partial charge in [-0.05, 0) is 56.7 Å². The number of rotatable bonds is 8. The minimum Gasteiger partial charge on any atom is -0.507 e. The number of aliphatic hydroxyl groups excluding tert-OH is 1. The Morgan fingerprint density at radius 3 is 2.45 bits per heavy atom. The molecule has 0 bridgehead atoms. The fourth-order valence-electron chi connectivity index (χ4n) is 3.88. The molecule has 2 aromatic carbocycles. The Morgan fingerprint density at radius 2 is 1.84 bits per heavy atom. The van der Waals surface area contributed by atoms with Gasteiger partial charge in [0, 0.05) is 12.1 Å². The summed E-state index contributed by atoms with van der Waals surface area (Å²) in [7, 11) is 5.50. The number of hydrogen-bond donors (Lipinski definition) is 1. The van der Waals surface area contributed by atoms with Gasteiger partial charge in [0.05, 0.1) is 18.7 Å². The maximum absolute atomic E-state index is 13.0. The molecule has 6 heteroatoms. The molecule has 6 nitrogen and oxygen atoms in total. The van der Waals surface area contributed by atoms with Gasteiger partial charge in [-0.3, -0.25) is 9.59 Å². The Kier molecular flexibility index (Phi) is 7.13. The van der Waals surface area contributed by atoms with Crippen LogP contribution in [-0.2, 0) is 16.0 Å². The zero-order valence-electron chi connectivity index (χ0n) is 18.6. The first-order valence-electron chi connectivity index (χ1n) is 10.5. The van der Waals surface area contributed by atoms with E-state index in [4.69, 9.17) is 4.74 Å². The molecule has 164 valence electrons. The van der Waals surface area contributed by atoms with E-state index in [0.29, 0.717) is 24.3 Å². The van der Waals surface area contributed by atoms with Crippen LogP contribution in [-0.4, -0.2) is 60.9 Å². The van der Waals surface area contributed by atoms with Crippen molar-refractivity contribution in [1.82, 2.24) is 9.80 Å². The number of carbonyl (C=O) groups is 2. The minimum absolute atomic E-state index is 0.118. The number of methoxy groups -OCH3 is 1. The molecule has 1 N–H and O–H groups in total. The molecule has 31 heavy (non-hydrogen) atoms. The average Bonchev–Trinajstić information content (AvgIpc) is 3.03. The summed E-state index contributed by atoms with van der Waals surface area (Å²) in [4.78, 5) is 29.6. The lowest BCUT2D eigenvalue weighted by molar-refractivity contribution is -0.139. The van der Waals surface area contributed by atoms with Crippen molar-refractivity contribution in [2.75, 3.05) is 34.3 Å². The highest BCUT2D eigenvalue weighted by Gasteiger charge is 2.45. The lowest BCUT2D eigenvalue weighted by Crippen LogP contribution is -2.32. The van der Waals surface area contributed by atoms with Crippen LogP contribution in [0.25, 0.3) is 5.76 Å². The predicted molar refractivity (Wildman–Crippen MR) is 121 cm³/mol. The third kappa shape index (κ3) is 4.80. The Bertz CT molecular complexity index is 979. The van der Waals surface area contributed by atoms with Gasteiger partial charge in [0.15, 0.2) is 0 Å². The molecule has 1 atom stereocenters. The van der Waals surface area contributed by atoms with Crippen molar-refractivity contribution >= 4 is 17.4 Å². The average molecular weight is 423 g/mol. The van der Waals surface area contributed by atoms with Gasteiger partial charge >= 0.3 is 0 Å². The molecule has 1 saturated heterocycles. The molecule has 0 saturated carbocycles. The van der Waals surface area contributed by atoms with E-state index in [1.165, 1.54) is 0 Å². The van der Waals surface area contributed by atoms with Crippen LogP contribution >= 0.6 is 0 Å². The van der Waals surface area contributed by atoms with Crippen molar-refractivity contribution in [2.24, 2.45) is 0 Å². The highest BCUT2D eigenvalue weighted by Crippen LogP contribution is 2.40. The van der Waals surface area contributed by atoms with E-state index in [-0.39, 0.29) is 11.3 Å².